The van der Waals surface area contributed by atoms with E-state index >= 15 is 0 Å². The highest BCUT2D eigenvalue weighted by atomic mass is 16.2. The van der Waals surface area contributed by atoms with Crippen LogP contribution in [-0.4, -0.2) is 30.7 Å². The summed E-state index contributed by atoms with van der Waals surface area (Å²) in [5, 5.41) is 7.83. The molecule has 0 bridgehead atoms. The van der Waals surface area contributed by atoms with E-state index in [1.165, 1.54) is 13.6 Å². The van der Waals surface area contributed by atoms with Crippen LogP contribution in [0.3, 0.4) is 0 Å². The fourth-order valence-corrected chi connectivity index (χ4v) is 4.47. The summed E-state index contributed by atoms with van der Waals surface area (Å²) in [6.45, 7) is 8.26. The van der Waals surface area contributed by atoms with Gasteiger partial charge in [-0.3, -0.25) is 14.2 Å². The van der Waals surface area contributed by atoms with E-state index in [2.05, 4.69) is 10.4 Å². The van der Waals surface area contributed by atoms with Crippen LogP contribution in [0.4, 0.5) is 0 Å². The standard InChI is InChI=1S/C29H29N5O3/c1-18(2)30-26(35)22-13-14-24-25(15-22)34-28(32(27(24)36)16-21-11-9-19(3)10-12-21)31-33(29(34)37)17-23-8-6-5-7-20(23)4/h5-15,18H,16-17H2,1-4H3,(H,30,35). The second-order valence-corrected chi connectivity index (χ2v) is 9.74. The van der Waals surface area contributed by atoms with Gasteiger partial charge in [-0.15, -0.1) is 5.10 Å². The van der Waals surface area contributed by atoms with Crippen molar-refractivity contribution in [2.24, 2.45) is 0 Å². The highest BCUT2D eigenvalue weighted by Gasteiger charge is 2.20. The predicted molar refractivity (Wildman–Crippen MR) is 144 cm³/mol. The minimum atomic E-state index is -0.373. The third kappa shape index (κ3) is 4.58. The van der Waals surface area contributed by atoms with Gasteiger partial charge >= 0.3 is 5.69 Å². The molecule has 5 rings (SSSR count). The second kappa shape index (κ2) is 9.54. The van der Waals surface area contributed by atoms with E-state index in [4.69, 9.17) is 0 Å². The first-order chi connectivity index (χ1) is 17.7. The highest BCUT2D eigenvalue weighted by Crippen LogP contribution is 2.16. The third-order valence-corrected chi connectivity index (χ3v) is 6.50. The molecule has 0 atom stereocenters. The maximum absolute atomic E-state index is 13.7. The third-order valence-electron chi connectivity index (χ3n) is 6.50. The van der Waals surface area contributed by atoms with Gasteiger partial charge in [-0.25, -0.2) is 13.9 Å². The quantitative estimate of drug-likeness (QED) is 0.389. The number of aryl methyl sites for hydroxylation is 2. The molecule has 0 unspecified atom stereocenters. The average molecular weight is 496 g/mol. The van der Waals surface area contributed by atoms with Crippen LogP contribution in [-0.2, 0) is 13.1 Å². The average Bonchev–Trinajstić information content (AvgIpc) is 3.19. The first kappa shape index (κ1) is 24.2. The number of fused-ring (bicyclic) bond motifs is 3. The number of carbonyl (C=O) groups excluding carboxylic acids is 1. The van der Waals surface area contributed by atoms with Crippen LogP contribution in [0.15, 0.2) is 76.3 Å². The summed E-state index contributed by atoms with van der Waals surface area (Å²) in [6.07, 6.45) is 0. The molecule has 1 amide bonds. The Bertz CT molecular complexity index is 1760. The van der Waals surface area contributed by atoms with E-state index in [0.29, 0.717) is 16.5 Å². The number of rotatable bonds is 6. The molecule has 188 valence electrons. The lowest BCUT2D eigenvalue weighted by Gasteiger charge is -2.12. The van der Waals surface area contributed by atoms with Crippen LogP contribution in [0.5, 0.6) is 0 Å². The van der Waals surface area contributed by atoms with Gasteiger partial charge in [0.05, 0.1) is 24.0 Å². The number of hydrogen-bond donors (Lipinski definition) is 1. The largest absolute Gasteiger partial charge is 0.352 e. The van der Waals surface area contributed by atoms with Gasteiger partial charge in [0, 0.05) is 11.6 Å². The molecule has 0 radical (unpaired) electrons. The molecule has 0 fully saturated rings. The summed E-state index contributed by atoms with van der Waals surface area (Å²) in [5.41, 5.74) is 4.12. The summed E-state index contributed by atoms with van der Waals surface area (Å²) >= 11 is 0. The predicted octanol–water partition coefficient (Wildman–Crippen LogP) is 3.66. The lowest BCUT2D eigenvalue weighted by Crippen LogP contribution is -2.30. The number of aromatic nitrogens is 4. The molecule has 2 heterocycles. The van der Waals surface area contributed by atoms with Crippen LogP contribution in [0.1, 0.15) is 46.5 Å². The molecule has 0 saturated heterocycles. The Hall–Kier alpha value is -4.46. The SMILES string of the molecule is Cc1ccc(Cn2c(=O)c3ccc(C(=O)NC(C)C)cc3n3c(=O)n(Cc4ccccc4C)nc23)cc1. The molecule has 8 nitrogen and oxygen atoms in total. The molecule has 0 aliphatic rings. The van der Waals surface area contributed by atoms with Gasteiger partial charge in [0.25, 0.3) is 11.5 Å². The van der Waals surface area contributed by atoms with Crippen molar-refractivity contribution >= 4 is 22.6 Å². The number of nitrogens with zero attached hydrogens (tertiary/aromatic N) is 4. The van der Waals surface area contributed by atoms with E-state index in [9.17, 15) is 14.4 Å². The van der Waals surface area contributed by atoms with Crippen molar-refractivity contribution in [3.8, 4) is 0 Å². The van der Waals surface area contributed by atoms with Crippen LogP contribution in [0, 0.1) is 13.8 Å². The number of amides is 1. The molecule has 8 heteroatoms. The fourth-order valence-electron chi connectivity index (χ4n) is 4.47. The number of hydrogen-bond acceptors (Lipinski definition) is 4. The van der Waals surface area contributed by atoms with Gasteiger partial charge in [0.15, 0.2) is 0 Å². The smallest absolute Gasteiger partial charge is 0.350 e. The van der Waals surface area contributed by atoms with Gasteiger partial charge in [-0.05, 0) is 62.6 Å². The number of carbonyl (C=O) groups is 1. The summed E-state index contributed by atoms with van der Waals surface area (Å²) in [6, 6.07) is 20.5. The Morgan fingerprint density at radius 2 is 1.68 bits per heavy atom. The first-order valence-electron chi connectivity index (χ1n) is 12.3. The molecule has 5 aromatic rings. The lowest BCUT2D eigenvalue weighted by atomic mass is 10.1. The second-order valence-electron chi connectivity index (χ2n) is 9.74. The maximum Gasteiger partial charge on any atom is 0.352 e. The Morgan fingerprint density at radius 1 is 0.946 bits per heavy atom. The monoisotopic (exact) mass is 495 g/mol. The molecule has 2 aromatic heterocycles. The van der Waals surface area contributed by atoms with Gasteiger partial charge in [0.2, 0.25) is 5.78 Å². The highest BCUT2D eigenvalue weighted by molar-refractivity contribution is 5.98. The zero-order chi connectivity index (χ0) is 26.3. The molecular formula is C29H29N5O3. The minimum Gasteiger partial charge on any atom is -0.350 e. The Labute approximate surface area is 213 Å². The molecule has 3 aromatic carbocycles. The molecule has 0 aliphatic carbocycles. The minimum absolute atomic E-state index is 0.0506. The number of benzene rings is 3. The van der Waals surface area contributed by atoms with Crippen molar-refractivity contribution in [2.75, 3.05) is 0 Å². The summed E-state index contributed by atoms with van der Waals surface area (Å²) < 4.78 is 4.34. The van der Waals surface area contributed by atoms with Crippen molar-refractivity contribution in [1.82, 2.24) is 24.1 Å². The van der Waals surface area contributed by atoms with E-state index in [-0.39, 0.29) is 42.1 Å². The molecule has 0 spiro atoms. The molecule has 0 aliphatic heterocycles. The van der Waals surface area contributed by atoms with Gasteiger partial charge in [-0.1, -0.05) is 54.1 Å². The van der Waals surface area contributed by atoms with E-state index in [1.807, 2.05) is 76.2 Å². The van der Waals surface area contributed by atoms with Crippen molar-refractivity contribution in [1.29, 1.82) is 0 Å². The summed E-state index contributed by atoms with van der Waals surface area (Å²) in [5.74, 6) is -0.0349. The van der Waals surface area contributed by atoms with Gasteiger partial charge < -0.3 is 5.32 Å². The zero-order valence-corrected chi connectivity index (χ0v) is 21.4. The summed E-state index contributed by atoms with van der Waals surface area (Å²) in [4.78, 5) is 40.2. The van der Waals surface area contributed by atoms with Crippen LogP contribution in [0.2, 0.25) is 0 Å². The van der Waals surface area contributed by atoms with Crippen LogP contribution in [0.25, 0.3) is 16.7 Å². The zero-order valence-electron chi connectivity index (χ0n) is 21.4. The van der Waals surface area contributed by atoms with Gasteiger partial charge in [-0.2, -0.15) is 0 Å². The topological polar surface area (TPSA) is 90.4 Å². The molecular weight excluding hydrogens is 466 g/mol. The van der Waals surface area contributed by atoms with E-state index in [0.717, 1.165) is 22.3 Å². The lowest BCUT2D eigenvalue weighted by molar-refractivity contribution is 0.0943. The summed E-state index contributed by atoms with van der Waals surface area (Å²) in [7, 11) is 0. The molecule has 0 saturated carbocycles. The Kier molecular flexibility index (Phi) is 6.25. The molecule has 1 N–H and O–H groups in total. The van der Waals surface area contributed by atoms with Crippen LogP contribution >= 0.6 is 0 Å². The first-order valence-corrected chi connectivity index (χ1v) is 12.3. The maximum atomic E-state index is 13.7. The Morgan fingerprint density at radius 3 is 2.38 bits per heavy atom. The number of nitrogens with one attached hydrogen (secondary N) is 1. The van der Waals surface area contributed by atoms with Crippen molar-refractivity contribution in [2.45, 2.75) is 46.8 Å². The fraction of sp³-hybridized carbons (Fsp3) is 0.241. The Balaban J connectivity index is 1.76. The van der Waals surface area contributed by atoms with Gasteiger partial charge in [0.1, 0.15) is 0 Å². The van der Waals surface area contributed by atoms with E-state index < -0.39 is 0 Å². The molecule has 37 heavy (non-hydrogen) atoms. The van der Waals surface area contributed by atoms with Crippen molar-refractivity contribution < 1.29 is 4.79 Å². The normalized spacial score (nSPS) is 11.5. The van der Waals surface area contributed by atoms with Crippen molar-refractivity contribution in [3.05, 3.63) is 115 Å². The van der Waals surface area contributed by atoms with E-state index in [1.54, 1.807) is 18.2 Å². The van der Waals surface area contributed by atoms with Crippen LogP contribution < -0.4 is 16.6 Å². The van der Waals surface area contributed by atoms with Crippen molar-refractivity contribution in [3.63, 3.8) is 0 Å².